The molecule has 0 saturated carbocycles. The number of methoxy groups -OCH3 is 1. The number of hydrogen-bond donors (Lipinski definition) is 0. The topological polar surface area (TPSA) is 93.2 Å². The quantitative estimate of drug-likeness (QED) is 0.635. The number of para-hydroxylation sites is 1. The number of Topliss-reactive ketones (excluding diaryl/α,β-unsaturated/α-hetero) is 1. The highest BCUT2D eigenvalue weighted by Crippen LogP contribution is 2.28. The number of nitrogens with zero attached hydrogens (tertiary/aromatic N) is 2. The van der Waals surface area contributed by atoms with Crippen LogP contribution in [0, 0.1) is 0 Å². The van der Waals surface area contributed by atoms with Crippen molar-refractivity contribution in [1.82, 2.24) is 5.01 Å². The van der Waals surface area contributed by atoms with Gasteiger partial charge in [-0.25, -0.2) is 9.80 Å². The van der Waals surface area contributed by atoms with Crippen LogP contribution in [0.25, 0.3) is 0 Å². The van der Waals surface area contributed by atoms with Crippen LogP contribution >= 0.6 is 0 Å². The molecule has 1 aliphatic heterocycles. The van der Waals surface area contributed by atoms with Crippen LogP contribution in [0.2, 0.25) is 0 Å². The van der Waals surface area contributed by atoms with Crippen molar-refractivity contribution in [3.8, 4) is 5.75 Å². The molecule has 0 atom stereocenters. The van der Waals surface area contributed by atoms with E-state index in [2.05, 4.69) is 4.74 Å². The molecular formula is C20H22N2O6S. The van der Waals surface area contributed by atoms with Crippen molar-refractivity contribution < 1.29 is 27.5 Å². The summed E-state index contributed by atoms with van der Waals surface area (Å²) < 4.78 is 37.9. The lowest BCUT2D eigenvalue weighted by Gasteiger charge is -2.37. The Balaban J connectivity index is 1.88. The summed E-state index contributed by atoms with van der Waals surface area (Å²) in [6.45, 7) is 0.390. The molecular weight excluding hydrogens is 396 g/mol. The molecule has 8 nitrogen and oxygen atoms in total. The zero-order chi connectivity index (χ0) is 20.9. The molecule has 1 heterocycles. The van der Waals surface area contributed by atoms with Gasteiger partial charge >= 0.3 is 5.97 Å². The summed E-state index contributed by atoms with van der Waals surface area (Å²) in [5.74, 6) is -0.0560. The summed E-state index contributed by atoms with van der Waals surface area (Å²) >= 11 is 0. The first-order valence-electron chi connectivity index (χ1n) is 9.08. The normalized spacial score (nSPS) is 15.0. The number of benzene rings is 2. The summed E-state index contributed by atoms with van der Waals surface area (Å²) in [4.78, 5) is 22.9. The standard InChI is InChI=1S/C20H22N2O6S/c1-27-20(24)15-28-18-7-9-19(10-8-18)29(25,26)22(16-5-3-2-4-6-16)21-13-11-17(23)12-14-21/h2-10H,11-15H2,1H3. The molecule has 3 rings (SSSR count). The number of ether oxygens (including phenoxy) is 2. The number of hydrazine groups is 1. The smallest absolute Gasteiger partial charge is 0.343 e. The minimum Gasteiger partial charge on any atom is -0.482 e. The van der Waals surface area contributed by atoms with Gasteiger partial charge in [0.15, 0.2) is 6.61 Å². The third kappa shape index (κ3) is 4.93. The number of rotatable bonds is 7. The van der Waals surface area contributed by atoms with Crippen LogP contribution < -0.4 is 9.15 Å². The number of piperidine rings is 1. The van der Waals surface area contributed by atoms with E-state index >= 15 is 0 Å². The van der Waals surface area contributed by atoms with Crippen molar-refractivity contribution in [3.63, 3.8) is 0 Å². The molecule has 1 fully saturated rings. The van der Waals surface area contributed by atoms with Gasteiger partial charge in [-0.3, -0.25) is 4.79 Å². The van der Waals surface area contributed by atoms with Crippen LogP contribution in [0.4, 0.5) is 5.69 Å². The van der Waals surface area contributed by atoms with Crippen LogP contribution in [-0.2, 0) is 24.3 Å². The Labute approximate surface area is 169 Å². The van der Waals surface area contributed by atoms with Gasteiger partial charge in [-0.2, -0.15) is 12.8 Å². The SMILES string of the molecule is COC(=O)COc1ccc(S(=O)(=O)N(c2ccccc2)N2CCC(=O)CC2)cc1. The van der Waals surface area contributed by atoms with Crippen LogP contribution in [0.5, 0.6) is 5.75 Å². The fourth-order valence-corrected chi connectivity index (χ4v) is 4.49. The molecule has 0 N–H and O–H groups in total. The van der Waals surface area contributed by atoms with Crippen molar-refractivity contribution in [2.45, 2.75) is 17.7 Å². The Morgan fingerprint density at radius 1 is 1.03 bits per heavy atom. The van der Waals surface area contributed by atoms with Crippen molar-refractivity contribution in [2.24, 2.45) is 0 Å². The first-order chi connectivity index (χ1) is 13.9. The molecule has 154 valence electrons. The summed E-state index contributed by atoms with van der Waals surface area (Å²) in [6.07, 6.45) is 0.609. The zero-order valence-corrected chi connectivity index (χ0v) is 16.8. The molecule has 0 bridgehead atoms. The van der Waals surface area contributed by atoms with Gasteiger partial charge in [0.25, 0.3) is 10.0 Å². The Morgan fingerprint density at radius 3 is 2.24 bits per heavy atom. The lowest BCUT2D eigenvalue weighted by Crippen LogP contribution is -2.50. The van der Waals surface area contributed by atoms with Crippen LogP contribution in [0.1, 0.15) is 12.8 Å². The molecule has 0 unspecified atom stereocenters. The fraction of sp³-hybridized carbons (Fsp3) is 0.300. The first kappa shape index (κ1) is 20.8. The summed E-state index contributed by atoms with van der Waals surface area (Å²) in [7, 11) is -2.67. The molecule has 2 aromatic carbocycles. The van der Waals surface area contributed by atoms with Crippen molar-refractivity contribution >= 4 is 27.5 Å². The number of esters is 1. The summed E-state index contributed by atoms with van der Waals surface area (Å²) in [5, 5.41) is 1.67. The van der Waals surface area contributed by atoms with Crippen molar-refractivity contribution in [2.75, 3.05) is 31.2 Å². The number of carbonyl (C=O) groups excluding carboxylic acids is 2. The number of anilines is 1. The Hall–Kier alpha value is -2.91. The van der Waals surface area contributed by atoms with Crippen molar-refractivity contribution in [1.29, 1.82) is 0 Å². The van der Waals surface area contributed by atoms with Gasteiger partial charge in [0, 0.05) is 25.9 Å². The number of carbonyl (C=O) groups is 2. The molecule has 1 saturated heterocycles. The van der Waals surface area contributed by atoms with Gasteiger partial charge in [-0.05, 0) is 36.4 Å². The van der Waals surface area contributed by atoms with E-state index in [0.717, 1.165) is 0 Å². The second-order valence-electron chi connectivity index (χ2n) is 6.41. The number of sulfonamides is 1. The second kappa shape index (κ2) is 9.06. The molecule has 2 aromatic rings. The van der Waals surface area contributed by atoms with E-state index in [1.165, 1.54) is 35.8 Å². The van der Waals surface area contributed by atoms with Crippen LogP contribution in [0.3, 0.4) is 0 Å². The predicted molar refractivity (Wildman–Crippen MR) is 106 cm³/mol. The Bertz CT molecular complexity index is 950. The molecule has 29 heavy (non-hydrogen) atoms. The minimum atomic E-state index is -3.92. The molecule has 0 aliphatic carbocycles. The third-order valence-electron chi connectivity index (χ3n) is 4.47. The molecule has 9 heteroatoms. The molecule has 0 aromatic heterocycles. The largest absolute Gasteiger partial charge is 0.482 e. The Morgan fingerprint density at radius 2 is 1.66 bits per heavy atom. The first-order valence-corrected chi connectivity index (χ1v) is 10.5. The highest BCUT2D eigenvalue weighted by Gasteiger charge is 2.32. The van der Waals surface area contributed by atoms with E-state index in [0.29, 0.717) is 37.4 Å². The van der Waals surface area contributed by atoms with Gasteiger partial charge < -0.3 is 9.47 Å². The summed E-state index contributed by atoms with van der Waals surface area (Å²) in [5.41, 5.74) is 0.493. The molecule has 0 radical (unpaired) electrons. The molecule has 0 amide bonds. The molecule has 1 aliphatic rings. The van der Waals surface area contributed by atoms with E-state index in [1.54, 1.807) is 29.3 Å². The minimum absolute atomic E-state index is 0.0728. The van der Waals surface area contributed by atoms with Gasteiger partial charge in [0.2, 0.25) is 0 Å². The average molecular weight is 418 g/mol. The van der Waals surface area contributed by atoms with Gasteiger partial charge in [-0.15, -0.1) is 0 Å². The maximum atomic E-state index is 13.4. The second-order valence-corrected chi connectivity index (χ2v) is 8.18. The predicted octanol–water partition coefficient (Wildman–Crippen LogP) is 2.01. The van der Waals surface area contributed by atoms with E-state index in [1.807, 2.05) is 6.07 Å². The fourth-order valence-electron chi connectivity index (χ4n) is 2.94. The summed E-state index contributed by atoms with van der Waals surface area (Å²) in [6, 6.07) is 14.6. The lowest BCUT2D eigenvalue weighted by molar-refractivity contribution is -0.142. The van der Waals surface area contributed by atoms with E-state index in [4.69, 9.17) is 4.74 Å². The average Bonchev–Trinajstić information content (AvgIpc) is 2.74. The molecule has 0 spiro atoms. The van der Waals surface area contributed by atoms with Gasteiger partial charge in [0.05, 0.1) is 17.7 Å². The monoisotopic (exact) mass is 418 g/mol. The highest BCUT2D eigenvalue weighted by molar-refractivity contribution is 7.92. The Kier molecular flexibility index (Phi) is 6.50. The lowest BCUT2D eigenvalue weighted by atomic mass is 10.1. The zero-order valence-electron chi connectivity index (χ0n) is 16.0. The van der Waals surface area contributed by atoms with Gasteiger partial charge in [-0.1, -0.05) is 18.2 Å². The third-order valence-corrected chi connectivity index (χ3v) is 6.23. The van der Waals surface area contributed by atoms with Crippen LogP contribution in [-0.4, -0.2) is 52.0 Å². The maximum absolute atomic E-state index is 13.4. The number of hydrogen-bond acceptors (Lipinski definition) is 7. The van der Waals surface area contributed by atoms with Gasteiger partial charge in [0.1, 0.15) is 11.5 Å². The maximum Gasteiger partial charge on any atom is 0.343 e. The van der Waals surface area contributed by atoms with Crippen LogP contribution in [0.15, 0.2) is 59.5 Å². The van der Waals surface area contributed by atoms with Crippen molar-refractivity contribution in [3.05, 3.63) is 54.6 Å². The number of ketones is 1. The van der Waals surface area contributed by atoms with E-state index < -0.39 is 16.0 Å². The highest BCUT2D eigenvalue weighted by atomic mass is 32.2. The van der Waals surface area contributed by atoms with E-state index in [9.17, 15) is 18.0 Å². The van der Waals surface area contributed by atoms with E-state index in [-0.39, 0.29) is 17.3 Å².